The smallest absolute Gasteiger partial charge is 0.329 e. The number of rotatable bonds is 13. The van der Waals surface area contributed by atoms with Crippen LogP contribution in [-0.4, -0.2) is 48.2 Å². The number of benzene rings is 1. The summed E-state index contributed by atoms with van der Waals surface area (Å²) in [6.45, 7) is 10.7. The molecule has 1 heterocycles. The quantitative estimate of drug-likeness (QED) is 0.338. The molecule has 3 atom stereocenters. The average Bonchev–Trinajstić information content (AvgIpc) is 2.87. The first-order chi connectivity index (χ1) is 18.0. The lowest BCUT2D eigenvalue weighted by Gasteiger charge is -2.32. The molecule has 1 aromatic heterocycles. The molecule has 10 heteroatoms. The van der Waals surface area contributed by atoms with Crippen molar-refractivity contribution in [2.45, 2.75) is 72.6 Å². The topological polar surface area (TPSA) is 113 Å². The molecule has 0 aliphatic rings. The van der Waals surface area contributed by atoms with Crippen LogP contribution in [0.1, 0.15) is 64.9 Å². The molecule has 1 amide bonds. The third-order valence-electron chi connectivity index (χ3n) is 6.12. The van der Waals surface area contributed by atoms with Crippen LogP contribution in [0.4, 0.5) is 0 Å². The second kappa shape index (κ2) is 14.6. The number of carbonyl (C=O) groups excluding carboxylic acids is 3. The van der Waals surface area contributed by atoms with Crippen LogP contribution in [0.5, 0.6) is 17.2 Å². The minimum Gasteiger partial charge on any atom is -0.493 e. The molecule has 208 valence electrons. The van der Waals surface area contributed by atoms with Gasteiger partial charge in [-0.1, -0.05) is 39.3 Å². The van der Waals surface area contributed by atoms with Crippen molar-refractivity contribution in [3.05, 3.63) is 47.2 Å². The van der Waals surface area contributed by atoms with Crippen molar-refractivity contribution in [1.82, 2.24) is 10.3 Å². The molecule has 0 unspecified atom stereocenters. The van der Waals surface area contributed by atoms with E-state index in [1.807, 2.05) is 0 Å². The van der Waals surface area contributed by atoms with Crippen LogP contribution >= 0.6 is 11.6 Å². The number of nitrogens with zero attached hydrogens (tertiary/aromatic N) is 1. The molecule has 0 spiro atoms. The molecule has 0 fully saturated rings. The van der Waals surface area contributed by atoms with Crippen molar-refractivity contribution in [3.63, 3.8) is 0 Å². The SMILES string of the molecule is CCC(CC)[C@@H](Oc1ccc(Cl)cc1)[C@H](C)OC(=O)[C@@H](NC(=O)c1nccc(OC)c1OC(C)=O)C(C)C. The summed E-state index contributed by atoms with van der Waals surface area (Å²) < 4.78 is 22.5. The van der Waals surface area contributed by atoms with Gasteiger partial charge in [0.1, 0.15) is 24.0 Å². The van der Waals surface area contributed by atoms with E-state index in [0.717, 1.165) is 12.8 Å². The Hall–Kier alpha value is -3.33. The molecule has 1 aromatic carbocycles. The number of amides is 1. The largest absolute Gasteiger partial charge is 0.493 e. The van der Waals surface area contributed by atoms with Crippen LogP contribution in [0.25, 0.3) is 0 Å². The molecule has 1 N–H and O–H groups in total. The fourth-order valence-electron chi connectivity index (χ4n) is 4.03. The van der Waals surface area contributed by atoms with Gasteiger partial charge >= 0.3 is 11.9 Å². The van der Waals surface area contributed by atoms with Gasteiger partial charge in [0.05, 0.1) is 7.11 Å². The van der Waals surface area contributed by atoms with Crippen LogP contribution < -0.4 is 19.5 Å². The maximum atomic E-state index is 13.3. The van der Waals surface area contributed by atoms with E-state index in [1.165, 1.54) is 26.3 Å². The Bertz CT molecular complexity index is 1090. The lowest BCUT2D eigenvalue weighted by Crippen LogP contribution is -2.48. The molecule has 0 aliphatic heterocycles. The predicted octanol–water partition coefficient (Wildman–Crippen LogP) is 5.24. The summed E-state index contributed by atoms with van der Waals surface area (Å²) in [6.07, 6.45) is 1.95. The average molecular weight is 549 g/mol. The Kier molecular flexibility index (Phi) is 11.8. The van der Waals surface area contributed by atoms with Gasteiger partial charge in [-0.25, -0.2) is 9.78 Å². The van der Waals surface area contributed by atoms with Crippen molar-refractivity contribution in [3.8, 4) is 17.2 Å². The number of nitrogens with one attached hydrogen (secondary N) is 1. The fraction of sp³-hybridized carbons (Fsp3) is 0.500. The van der Waals surface area contributed by atoms with Crippen LogP contribution in [0, 0.1) is 11.8 Å². The van der Waals surface area contributed by atoms with E-state index in [1.54, 1.807) is 45.0 Å². The van der Waals surface area contributed by atoms with Gasteiger partial charge in [0.2, 0.25) is 5.75 Å². The number of methoxy groups -OCH3 is 1. The van der Waals surface area contributed by atoms with Gasteiger partial charge in [-0.05, 0) is 55.9 Å². The van der Waals surface area contributed by atoms with Crippen molar-refractivity contribution in [2.75, 3.05) is 7.11 Å². The highest BCUT2D eigenvalue weighted by Crippen LogP contribution is 2.30. The van der Waals surface area contributed by atoms with Crippen LogP contribution in [0.3, 0.4) is 0 Å². The van der Waals surface area contributed by atoms with Gasteiger partial charge in [0.15, 0.2) is 11.4 Å². The summed E-state index contributed by atoms with van der Waals surface area (Å²) in [5.41, 5.74) is -0.188. The highest BCUT2D eigenvalue weighted by molar-refractivity contribution is 6.30. The van der Waals surface area contributed by atoms with Crippen molar-refractivity contribution in [1.29, 1.82) is 0 Å². The molecule has 0 bridgehead atoms. The van der Waals surface area contributed by atoms with E-state index in [2.05, 4.69) is 24.1 Å². The van der Waals surface area contributed by atoms with E-state index >= 15 is 0 Å². The van der Waals surface area contributed by atoms with Crippen molar-refractivity contribution >= 4 is 29.4 Å². The standard InChI is InChI=1S/C28H37ClN2O7/c1-8-19(9-2)25(38-21-12-10-20(29)11-13-21)17(5)36-28(34)23(16(3)4)31-27(33)24-26(37-18(6)32)22(35-7)14-15-30-24/h10-17,19,23,25H,8-9H2,1-7H3,(H,31,33)/t17-,23-,25-/m0/s1. The molecule has 0 radical (unpaired) electrons. The first-order valence-electron chi connectivity index (χ1n) is 12.7. The first-order valence-corrected chi connectivity index (χ1v) is 13.0. The molecule has 9 nitrogen and oxygen atoms in total. The van der Waals surface area contributed by atoms with E-state index in [9.17, 15) is 14.4 Å². The molecular weight excluding hydrogens is 512 g/mol. The first kappa shape index (κ1) is 30.9. The summed E-state index contributed by atoms with van der Waals surface area (Å²) in [4.78, 5) is 42.1. The lowest BCUT2D eigenvalue weighted by molar-refractivity contribution is -0.158. The molecule has 0 aliphatic carbocycles. The zero-order valence-corrected chi connectivity index (χ0v) is 23.7. The van der Waals surface area contributed by atoms with Crippen molar-refractivity contribution in [2.24, 2.45) is 11.8 Å². The number of halogens is 1. The Morgan fingerprint density at radius 2 is 1.66 bits per heavy atom. The number of aromatic nitrogens is 1. The number of hydrogen-bond donors (Lipinski definition) is 1. The highest BCUT2D eigenvalue weighted by Gasteiger charge is 2.34. The summed E-state index contributed by atoms with van der Waals surface area (Å²) >= 11 is 6.00. The third-order valence-corrected chi connectivity index (χ3v) is 6.37. The van der Waals surface area contributed by atoms with Crippen LogP contribution in [0.2, 0.25) is 5.02 Å². The number of pyridine rings is 1. The summed E-state index contributed by atoms with van der Waals surface area (Å²) in [5.74, 6) is -1.53. The Labute approximate surface area is 229 Å². The van der Waals surface area contributed by atoms with Crippen molar-refractivity contribution < 1.29 is 33.3 Å². The second-order valence-electron chi connectivity index (χ2n) is 9.23. The summed E-state index contributed by atoms with van der Waals surface area (Å²) in [7, 11) is 1.38. The van der Waals surface area contributed by atoms with Crippen LogP contribution in [0.15, 0.2) is 36.5 Å². The number of carbonyl (C=O) groups is 3. The lowest BCUT2D eigenvalue weighted by atomic mass is 9.93. The van der Waals surface area contributed by atoms with Gasteiger partial charge in [0.25, 0.3) is 5.91 Å². The zero-order valence-electron chi connectivity index (χ0n) is 22.9. The summed E-state index contributed by atoms with van der Waals surface area (Å²) in [6, 6.07) is 7.47. The maximum absolute atomic E-state index is 13.3. The molecule has 0 saturated heterocycles. The fourth-order valence-corrected chi connectivity index (χ4v) is 4.15. The van der Waals surface area contributed by atoms with Gasteiger partial charge < -0.3 is 24.3 Å². The van der Waals surface area contributed by atoms with Gasteiger partial charge in [-0.3, -0.25) is 9.59 Å². The van der Waals surface area contributed by atoms with E-state index in [0.29, 0.717) is 10.8 Å². The number of ether oxygens (including phenoxy) is 4. The number of esters is 2. The third kappa shape index (κ3) is 8.34. The second-order valence-corrected chi connectivity index (χ2v) is 9.67. The highest BCUT2D eigenvalue weighted by atomic mass is 35.5. The van der Waals surface area contributed by atoms with Gasteiger partial charge in [-0.2, -0.15) is 0 Å². The Balaban J connectivity index is 2.25. The minimum atomic E-state index is -0.999. The Morgan fingerprint density at radius 3 is 2.18 bits per heavy atom. The number of hydrogen-bond acceptors (Lipinski definition) is 8. The molecule has 2 aromatic rings. The van der Waals surface area contributed by atoms with E-state index in [-0.39, 0.29) is 29.0 Å². The van der Waals surface area contributed by atoms with E-state index in [4.69, 9.17) is 30.5 Å². The monoisotopic (exact) mass is 548 g/mol. The van der Waals surface area contributed by atoms with Crippen LogP contribution in [-0.2, 0) is 14.3 Å². The molecule has 0 saturated carbocycles. The van der Waals surface area contributed by atoms with Gasteiger partial charge in [0, 0.05) is 24.2 Å². The minimum absolute atomic E-state index is 0.118. The normalized spacial score (nSPS) is 13.4. The molecule has 38 heavy (non-hydrogen) atoms. The molecule has 2 rings (SSSR count). The van der Waals surface area contributed by atoms with Gasteiger partial charge in [-0.15, -0.1) is 0 Å². The summed E-state index contributed by atoms with van der Waals surface area (Å²) in [5, 5.41) is 3.27. The molecular formula is C28H37ClN2O7. The predicted molar refractivity (Wildman–Crippen MR) is 144 cm³/mol. The zero-order chi connectivity index (χ0) is 28.4. The Morgan fingerprint density at radius 1 is 1.03 bits per heavy atom. The maximum Gasteiger partial charge on any atom is 0.329 e. The van der Waals surface area contributed by atoms with E-state index < -0.39 is 36.1 Å².